The summed E-state index contributed by atoms with van der Waals surface area (Å²) in [6, 6.07) is -0.923. The minimum absolute atomic E-state index is 0.0285. The van der Waals surface area contributed by atoms with Crippen molar-refractivity contribution in [2.45, 2.75) is 158 Å². The second-order valence-electron chi connectivity index (χ2n) is 21.0. The van der Waals surface area contributed by atoms with Gasteiger partial charge in [0.15, 0.2) is 5.96 Å². The van der Waals surface area contributed by atoms with Gasteiger partial charge in [-0.2, -0.15) is 11.8 Å². The van der Waals surface area contributed by atoms with Crippen molar-refractivity contribution < 1.29 is 78.0 Å². The van der Waals surface area contributed by atoms with E-state index in [1.165, 1.54) is 54.8 Å². The first-order valence-corrected chi connectivity index (χ1v) is 29.2. The maximum atomic E-state index is 14.3. The van der Waals surface area contributed by atoms with E-state index in [0.29, 0.717) is 29.7 Å². The third-order valence-electron chi connectivity index (χ3n) is 13.7. The summed E-state index contributed by atoms with van der Waals surface area (Å²) < 4.78 is 0. The molecule has 30 nitrogen and oxygen atoms in total. The molecule has 2 aromatic carbocycles. The molecule has 1 heterocycles. The highest BCUT2D eigenvalue weighted by molar-refractivity contribution is 7.98. The SMILES string of the molecule is CSCC[C@H](N)C(=O)N[C@H](C(=O)N1CCC[C@H]1C(=O)N[C@H](C(=O)N[C@@H](CC(N)=O)C(=O)N[C@@H](C)C(=O)N[C@@H](CCCN=C(N)N)C(=O)N[C@@H](Cc1ccc(O)cc1)C(=O)N[C@@H](CCC(=O)O)C(=O)N[C@@H](Cc1ccccc1)C(=O)O)C(C)C)[C@@H](C)O. The highest BCUT2D eigenvalue weighted by Gasteiger charge is 2.42. The maximum absolute atomic E-state index is 14.3. The van der Waals surface area contributed by atoms with Crippen LogP contribution in [0.3, 0.4) is 0 Å². The number of aliphatic hydroxyl groups excluding tert-OH is 1. The van der Waals surface area contributed by atoms with Gasteiger partial charge < -0.3 is 90.8 Å². The Kier molecular flexibility index (Phi) is 29.7. The van der Waals surface area contributed by atoms with Gasteiger partial charge in [-0.05, 0) is 93.6 Å². The Morgan fingerprint density at radius 2 is 1.19 bits per heavy atom. The van der Waals surface area contributed by atoms with Gasteiger partial charge in [-0.3, -0.25) is 57.7 Å². The van der Waals surface area contributed by atoms with Gasteiger partial charge in [0.05, 0.1) is 18.6 Å². The zero-order valence-corrected chi connectivity index (χ0v) is 49.4. The number of carbonyl (C=O) groups is 12. The molecule has 0 unspecified atom stereocenters. The van der Waals surface area contributed by atoms with Crippen molar-refractivity contribution in [2.24, 2.45) is 33.8 Å². The van der Waals surface area contributed by atoms with Crippen LogP contribution in [-0.4, -0.2) is 194 Å². The van der Waals surface area contributed by atoms with Crippen molar-refractivity contribution in [2.75, 3.05) is 25.1 Å². The zero-order valence-electron chi connectivity index (χ0n) is 48.6. The monoisotopic (exact) mass is 1230 g/mol. The number of aromatic hydroxyl groups is 1. The topological polar surface area (TPSA) is 502 Å². The van der Waals surface area contributed by atoms with Gasteiger partial charge in [0.1, 0.15) is 60.1 Å². The van der Waals surface area contributed by atoms with E-state index in [-0.39, 0.29) is 56.9 Å². The Morgan fingerprint density at radius 1 is 0.640 bits per heavy atom. The smallest absolute Gasteiger partial charge is 0.326 e. The van der Waals surface area contributed by atoms with E-state index in [1.807, 2.05) is 6.26 Å². The van der Waals surface area contributed by atoms with E-state index < -0.39 is 163 Å². The molecule has 0 radical (unpaired) electrons. The van der Waals surface area contributed by atoms with Crippen LogP contribution in [0, 0.1) is 5.92 Å². The number of thioether (sulfide) groups is 1. The number of phenolic OH excluding ortho intramolecular Hbond substituents is 1. The predicted molar refractivity (Wildman–Crippen MR) is 314 cm³/mol. The van der Waals surface area contributed by atoms with Gasteiger partial charge in [0, 0.05) is 32.4 Å². The number of aliphatic imine (C=N–C) groups is 1. The number of aliphatic hydroxyl groups is 1. The number of nitrogens with two attached hydrogens (primary N) is 4. The lowest BCUT2D eigenvalue weighted by atomic mass is 10.0. The summed E-state index contributed by atoms with van der Waals surface area (Å²) in [4.78, 5) is 166. The second-order valence-corrected chi connectivity index (χ2v) is 22.0. The van der Waals surface area contributed by atoms with Crippen LogP contribution in [0.25, 0.3) is 0 Å². The number of primary amides is 1. The van der Waals surface area contributed by atoms with Gasteiger partial charge in [-0.15, -0.1) is 0 Å². The van der Waals surface area contributed by atoms with Gasteiger partial charge in [0.25, 0.3) is 0 Å². The van der Waals surface area contributed by atoms with Crippen molar-refractivity contribution in [3.63, 3.8) is 0 Å². The number of carbonyl (C=O) groups excluding carboxylic acids is 10. The predicted octanol–water partition coefficient (Wildman–Crippen LogP) is -3.94. The minimum atomic E-state index is -1.76. The van der Waals surface area contributed by atoms with Crippen LogP contribution in [0.1, 0.15) is 90.2 Å². The van der Waals surface area contributed by atoms with Crippen molar-refractivity contribution >= 4 is 88.7 Å². The number of aliphatic carboxylic acids is 2. The summed E-state index contributed by atoms with van der Waals surface area (Å²) in [5, 5.41) is 59.7. The second kappa shape index (κ2) is 35.7. The van der Waals surface area contributed by atoms with Crippen LogP contribution >= 0.6 is 11.8 Å². The van der Waals surface area contributed by atoms with Crippen molar-refractivity contribution in [1.29, 1.82) is 0 Å². The molecule has 10 amide bonds. The Labute approximate surface area is 501 Å². The quantitative estimate of drug-likeness (QED) is 0.0176. The lowest BCUT2D eigenvalue weighted by Crippen LogP contribution is -2.61. The number of guanidine groups is 1. The van der Waals surface area contributed by atoms with Crippen LogP contribution < -0.4 is 65.5 Å². The molecule has 11 atom stereocenters. The highest BCUT2D eigenvalue weighted by atomic mass is 32.2. The third kappa shape index (κ3) is 24.2. The van der Waals surface area contributed by atoms with E-state index in [4.69, 9.17) is 22.9 Å². The normalized spacial score (nSPS) is 16.3. The zero-order chi connectivity index (χ0) is 64.4. The van der Waals surface area contributed by atoms with Gasteiger partial charge in [-0.1, -0.05) is 56.3 Å². The number of hydrogen-bond acceptors (Lipinski definition) is 17. The van der Waals surface area contributed by atoms with E-state index >= 15 is 0 Å². The lowest BCUT2D eigenvalue weighted by Gasteiger charge is -2.32. The molecule has 20 N–H and O–H groups in total. The summed E-state index contributed by atoms with van der Waals surface area (Å²) in [6.07, 6.45) is -1.46. The summed E-state index contributed by atoms with van der Waals surface area (Å²) in [7, 11) is 0. The summed E-state index contributed by atoms with van der Waals surface area (Å²) in [6.45, 7) is 5.62. The molecule has 1 aliphatic heterocycles. The molecule has 474 valence electrons. The van der Waals surface area contributed by atoms with Crippen molar-refractivity contribution in [3.8, 4) is 5.75 Å². The third-order valence-corrected chi connectivity index (χ3v) is 14.3. The number of likely N-dealkylation sites (tertiary alicyclic amines) is 1. The van der Waals surface area contributed by atoms with Crippen molar-refractivity contribution in [3.05, 3.63) is 65.7 Å². The molecule has 31 heteroatoms. The number of carboxylic acid groups (broad SMARTS) is 2. The highest BCUT2D eigenvalue weighted by Crippen LogP contribution is 2.21. The molecular weight excluding hydrogens is 1140 g/mol. The molecule has 0 spiro atoms. The molecule has 0 aliphatic carbocycles. The summed E-state index contributed by atoms with van der Waals surface area (Å²) in [5.74, 6) is -12.9. The standard InChI is InChI=1S/C55H82N14O16S/c1-28(2)43(67-51(81)40-14-10-23-69(40)53(83)44(30(4)70)68-46(76)34(56)21-24-86-5)52(82)65-38(27-41(57)72)49(79)61-29(3)45(75)62-35(13-9-22-60-55(58)59)47(77)64-37(25-32-15-17-33(71)18-16-32)50(80)63-36(19-20-42(73)74)48(78)66-39(54(84)85)26-31-11-7-6-8-12-31/h6-8,11-12,15-18,28-30,34-40,43-44,70-71H,9-10,13-14,19-27,56H2,1-5H3,(H2,57,72)(H,61,79)(H,62,75)(H,63,80)(H,64,77)(H,65,82)(H,66,78)(H,67,81)(H,68,76)(H,73,74)(H,84,85)(H4,58,59,60)/t29-,30+,34-,35-,36-,37-,38-,39-,40-,43-,44-/m0/s1. The largest absolute Gasteiger partial charge is 0.508 e. The Bertz CT molecular complexity index is 2720. The van der Waals surface area contributed by atoms with Gasteiger partial charge in [0.2, 0.25) is 59.1 Å². The molecule has 1 fully saturated rings. The average molecular weight is 1230 g/mol. The molecule has 2 aromatic rings. The average Bonchev–Trinajstić information content (AvgIpc) is 2.41. The maximum Gasteiger partial charge on any atom is 0.326 e. The summed E-state index contributed by atoms with van der Waals surface area (Å²) in [5.41, 5.74) is 23.4. The van der Waals surface area contributed by atoms with E-state index in [2.05, 4.69) is 47.5 Å². The first-order chi connectivity index (χ1) is 40.5. The van der Waals surface area contributed by atoms with Gasteiger partial charge in [-0.25, -0.2) is 4.79 Å². The first-order valence-electron chi connectivity index (χ1n) is 27.8. The molecule has 0 bridgehead atoms. The van der Waals surface area contributed by atoms with E-state index in [0.717, 1.165) is 0 Å². The van der Waals surface area contributed by atoms with E-state index in [9.17, 15) is 78.0 Å². The number of benzene rings is 2. The first kappa shape index (κ1) is 71.7. The van der Waals surface area contributed by atoms with Crippen LogP contribution in [0.15, 0.2) is 59.6 Å². The number of amides is 10. The molecule has 0 saturated carbocycles. The van der Waals surface area contributed by atoms with Crippen LogP contribution in [-0.2, 0) is 70.4 Å². The van der Waals surface area contributed by atoms with Crippen molar-refractivity contribution in [1.82, 2.24) is 47.4 Å². The number of hydrogen-bond donors (Lipinski definition) is 16. The number of nitrogens with zero attached hydrogens (tertiary/aromatic N) is 2. The van der Waals surface area contributed by atoms with Crippen LogP contribution in [0.4, 0.5) is 0 Å². The molecule has 86 heavy (non-hydrogen) atoms. The van der Waals surface area contributed by atoms with Crippen LogP contribution in [0.2, 0.25) is 0 Å². The fourth-order valence-corrected chi connectivity index (χ4v) is 9.38. The number of phenols is 1. The lowest BCUT2D eigenvalue weighted by molar-refractivity contribution is -0.144. The number of nitrogens with one attached hydrogen (secondary N) is 8. The molecule has 1 saturated heterocycles. The molecule has 1 aliphatic rings. The molecule has 0 aromatic heterocycles. The Morgan fingerprint density at radius 3 is 1.76 bits per heavy atom. The van der Waals surface area contributed by atoms with Crippen LogP contribution in [0.5, 0.6) is 5.75 Å². The number of carboxylic acids is 2. The number of rotatable bonds is 36. The Hall–Kier alpha value is -8.58. The molecule has 3 rings (SSSR count). The minimum Gasteiger partial charge on any atom is -0.508 e. The fraction of sp³-hybridized carbons (Fsp3) is 0.545. The molecular formula is C55H82N14O16S. The summed E-state index contributed by atoms with van der Waals surface area (Å²) >= 11 is 1.46. The van der Waals surface area contributed by atoms with E-state index in [1.54, 1.807) is 44.2 Å². The fourth-order valence-electron chi connectivity index (χ4n) is 8.89. The van der Waals surface area contributed by atoms with Gasteiger partial charge >= 0.3 is 11.9 Å². The Balaban J connectivity index is 1.86.